The van der Waals surface area contributed by atoms with Crippen LogP contribution in [0.25, 0.3) is 17.2 Å². The van der Waals surface area contributed by atoms with E-state index >= 15 is 0 Å². The second-order valence-corrected chi connectivity index (χ2v) is 6.80. The first kappa shape index (κ1) is 21.6. The van der Waals surface area contributed by atoms with Crippen molar-refractivity contribution in [1.82, 2.24) is 24.1 Å². The minimum atomic E-state index is -1.09. The lowest BCUT2D eigenvalue weighted by atomic mass is 10.2. The number of allylic oxidation sites excluding steroid dienone is 1. The van der Waals surface area contributed by atoms with E-state index in [1.54, 1.807) is 0 Å². The van der Waals surface area contributed by atoms with Gasteiger partial charge in [0.1, 0.15) is 0 Å². The number of hydrogen-bond donors (Lipinski definition) is 3. The molecule has 0 aliphatic rings. The Morgan fingerprint density at radius 2 is 1.81 bits per heavy atom. The van der Waals surface area contributed by atoms with Gasteiger partial charge < -0.3 is 5.11 Å². The van der Waals surface area contributed by atoms with Crippen molar-refractivity contribution in [2.24, 2.45) is 14.1 Å². The van der Waals surface area contributed by atoms with E-state index in [9.17, 15) is 19.2 Å². The van der Waals surface area contributed by atoms with Gasteiger partial charge in [0.05, 0.1) is 6.42 Å². The summed E-state index contributed by atoms with van der Waals surface area (Å²) in [5.74, 6) is -1.51. The highest BCUT2D eigenvalue weighted by Crippen LogP contribution is 2.15. The standard InChI is InChI=1S/C20H22N6O5/c1-24-17-16(18(30)25(2)20(24)31)26(12-6-9-13-7-4-3-5-8-13)19(21-17)23-22-14(27)10-11-15(28)29/h3-9H,10-12H2,1-2H3,(H,21,23)(H,22,27)(H,28,29)/b9-6+. The maximum atomic E-state index is 12.8. The number of rotatable bonds is 8. The smallest absolute Gasteiger partial charge is 0.332 e. The van der Waals surface area contributed by atoms with Crippen molar-refractivity contribution in [1.29, 1.82) is 0 Å². The molecule has 0 spiro atoms. The van der Waals surface area contributed by atoms with Crippen molar-refractivity contribution in [2.45, 2.75) is 19.4 Å². The molecule has 2 heterocycles. The van der Waals surface area contributed by atoms with Crippen LogP contribution in [-0.4, -0.2) is 35.7 Å². The molecule has 0 unspecified atom stereocenters. The number of hydrogen-bond acceptors (Lipinski definition) is 6. The molecule has 3 N–H and O–H groups in total. The van der Waals surface area contributed by atoms with Crippen LogP contribution < -0.4 is 22.1 Å². The topological polar surface area (TPSA) is 140 Å². The van der Waals surface area contributed by atoms with E-state index < -0.39 is 23.1 Å². The molecule has 0 saturated carbocycles. The van der Waals surface area contributed by atoms with Crippen LogP contribution in [0, 0.1) is 0 Å². The minimum absolute atomic E-state index is 0.134. The summed E-state index contributed by atoms with van der Waals surface area (Å²) in [7, 11) is 2.87. The molecule has 0 atom stereocenters. The fourth-order valence-electron chi connectivity index (χ4n) is 2.99. The molecule has 0 radical (unpaired) electrons. The average Bonchev–Trinajstić information content (AvgIpc) is 3.12. The summed E-state index contributed by atoms with van der Waals surface area (Å²) in [6.07, 6.45) is 3.14. The van der Waals surface area contributed by atoms with E-state index in [2.05, 4.69) is 15.8 Å². The number of imidazole rings is 1. The van der Waals surface area contributed by atoms with E-state index in [0.717, 1.165) is 10.1 Å². The van der Waals surface area contributed by atoms with Crippen LogP contribution in [0.15, 0.2) is 46.0 Å². The van der Waals surface area contributed by atoms with Gasteiger partial charge in [-0.15, -0.1) is 0 Å². The summed E-state index contributed by atoms with van der Waals surface area (Å²) < 4.78 is 3.76. The molecule has 0 aliphatic heterocycles. The van der Waals surface area contributed by atoms with Crippen LogP contribution in [0.5, 0.6) is 0 Å². The third-order valence-electron chi connectivity index (χ3n) is 4.63. The Morgan fingerprint density at radius 1 is 1.10 bits per heavy atom. The Kier molecular flexibility index (Phi) is 6.34. The third kappa shape index (κ3) is 4.71. The van der Waals surface area contributed by atoms with Crippen molar-refractivity contribution >= 4 is 35.1 Å². The Balaban J connectivity index is 1.97. The number of nitrogens with one attached hydrogen (secondary N) is 2. The Bertz CT molecular complexity index is 1270. The summed E-state index contributed by atoms with van der Waals surface area (Å²) in [5.41, 5.74) is 5.26. The van der Waals surface area contributed by atoms with Crippen molar-refractivity contribution in [2.75, 3.05) is 5.43 Å². The number of amides is 1. The number of nitrogens with zero attached hydrogens (tertiary/aromatic N) is 4. The zero-order chi connectivity index (χ0) is 22.5. The molecule has 1 aromatic carbocycles. The second-order valence-electron chi connectivity index (χ2n) is 6.80. The Morgan fingerprint density at radius 3 is 2.48 bits per heavy atom. The average molecular weight is 426 g/mol. The normalized spacial score (nSPS) is 11.2. The van der Waals surface area contributed by atoms with Crippen molar-refractivity contribution in [3.05, 3.63) is 62.8 Å². The monoisotopic (exact) mass is 426 g/mol. The van der Waals surface area contributed by atoms with E-state index in [1.807, 2.05) is 42.5 Å². The van der Waals surface area contributed by atoms with E-state index in [4.69, 9.17) is 5.11 Å². The van der Waals surface area contributed by atoms with Gasteiger partial charge in [-0.25, -0.2) is 4.79 Å². The summed E-state index contributed by atoms with van der Waals surface area (Å²) in [4.78, 5) is 51.8. The summed E-state index contributed by atoms with van der Waals surface area (Å²) in [6, 6.07) is 9.55. The zero-order valence-corrected chi connectivity index (χ0v) is 17.0. The lowest BCUT2D eigenvalue weighted by Gasteiger charge is -2.10. The fraction of sp³-hybridized carbons (Fsp3) is 0.250. The van der Waals surface area contributed by atoms with Crippen LogP contribution in [0.1, 0.15) is 18.4 Å². The molecule has 31 heavy (non-hydrogen) atoms. The number of benzene rings is 1. The van der Waals surface area contributed by atoms with Crippen LogP contribution in [0.3, 0.4) is 0 Å². The third-order valence-corrected chi connectivity index (χ3v) is 4.63. The van der Waals surface area contributed by atoms with Gasteiger partial charge in [-0.3, -0.25) is 38.9 Å². The predicted molar refractivity (Wildman–Crippen MR) is 114 cm³/mol. The number of carbonyl (C=O) groups excluding carboxylic acids is 1. The molecule has 1 amide bonds. The molecule has 0 aliphatic carbocycles. The van der Waals surface area contributed by atoms with Gasteiger partial charge in [0, 0.05) is 27.1 Å². The number of anilines is 1. The highest BCUT2D eigenvalue weighted by molar-refractivity contribution is 5.82. The van der Waals surface area contributed by atoms with E-state index in [0.29, 0.717) is 0 Å². The first-order valence-electron chi connectivity index (χ1n) is 9.44. The first-order chi connectivity index (χ1) is 14.8. The number of carbonyl (C=O) groups is 2. The van der Waals surface area contributed by atoms with Gasteiger partial charge in [0.2, 0.25) is 11.9 Å². The highest BCUT2D eigenvalue weighted by atomic mass is 16.4. The largest absolute Gasteiger partial charge is 0.481 e. The number of fused-ring (bicyclic) bond motifs is 1. The van der Waals surface area contributed by atoms with Crippen molar-refractivity contribution in [3.8, 4) is 0 Å². The molecule has 3 aromatic rings. The van der Waals surface area contributed by atoms with Gasteiger partial charge in [-0.05, 0) is 5.56 Å². The molecular weight excluding hydrogens is 404 g/mol. The number of carboxylic acid groups (broad SMARTS) is 1. The molecule has 162 valence electrons. The SMILES string of the molecule is Cn1c(=O)c2c(nc(NNC(=O)CCC(=O)O)n2C/C=C/c2ccccc2)n(C)c1=O. The number of aryl methyl sites for hydroxylation is 1. The molecule has 0 bridgehead atoms. The maximum absolute atomic E-state index is 12.8. The van der Waals surface area contributed by atoms with E-state index in [1.165, 1.54) is 23.2 Å². The lowest BCUT2D eigenvalue weighted by Crippen LogP contribution is -2.37. The summed E-state index contributed by atoms with van der Waals surface area (Å²) in [6.45, 7) is 0.228. The predicted octanol–water partition coefficient (Wildman–Crippen LogP) is 0.455. The first-order valence-corrected chi connectivity index (χ1v) is 9.44. The summed E-state index contributed by atoms with van der Waals surface area (Å²) >= 11 is 0. The van der Waals surface area contributed by atoms with Gasteiger partial charge in [0.15, 0.2) is 11.2 Å². The number of aromatic nitrogens is 4. The summed E-state index contributed by atoms with van der Waals surface area (Å²) in [5, 5.41) is 8.70. The molecular formula is C20H22N6O5. The van der Waals surface area contributed by atoms with Crippen LogP contribution in [0.4, 0.5) is 5.95 Å². The van der Waals surface area contributed by atoms with Crippen molar-refractivity contribution in [3.63, 3.8) is 0 Å². The molecule has 0 fully saturated rings. The van der Waals surface area contributed by atoms with Gasteiger partial charge in [-0.1, -0.05) is 42.5 Å². The van der Waals surface area contributed by atoms with Crippen LogP contribution in [-0.2, 0) is 30.2 Å². The molecule has 11 heteroatoms. The van der Waals surface area contributed by atoms with Gasteiger partial charge in [0.25, 0.3) is 5.56 Å². The second kappa shape index (κ2) is 9.11. The minimum Gasteiger partial charge on any atom is -0.481 e. The van der Waals surface area contributed by atoms with Crippen molar-refractivity contribution < 1.29 is 14.7 Å². The fourth-order valence-corrected chi connectivity index (χ4v) is 2.99. The maximum Gasteiger partial charge on any atom is 0.332 e. The zero-order valence-electron chi connectivity index (χ0n) is 17.0. The van der Waals surface area contributed by atoms with Crippen LogP contribution >= 0.6 is 0 Å². The number of carboxylic acids is 1. The van der Waals surface area contributed by atoms with E-state index in [-0.39, 0.29) is 36.5 Å². The van der Waals surface area contributed by atoms with Gasteiger partial charge in [-0.2, -0.15) is 4.98 Å². The van der Waals surface area contributed by atoms with Crippen LogP contribution in [0.2, 0.25) is 0 Å². The Labute approximate surface area is 176 Å². The number of aliphatic carboxylic acids is 1. The molecule has 3 rings (SSSR count). The number of hydrazine groups is 1. The molecule has 11 nitrogen and oxygen atoms in total. The lowest BCUT2D eigenvalue weighted by molar-refractivity contribution is -0.138. The highest BCUT2D eigenvalue weighted by Gasteiger charge is 2.19. The Hall–Kier alpha value is -4.15. The quantitative estimate of drug-likeness (QED) is 0.444. The molecule has 0 saturated heterocycles. The van der Waals surface area contributed by atoms with Gasteiger partial charge >= 0.3 is 11.7 Å². The molecule has 2 aromatic heterocycles.